The van der Waals surface area contributed by atoms with Crippen LogP contribution in [0.5, 0.6) is 0 Å². The second kappa shape index (κ2) is 7.81. The summed E-state index contributed by atoms with van der Waals surface area (Å²) in [6.45, 7) is 2.29. The molecular weight excluding hydrogens is 274 g/mol. The van der Waals surface area contributed by atoms with Gasteiger partial charge in [0.25, 0.3) is 0 Å². The van der Waals surface area contributed by atoms with Gasteiger partial charge in [0.1, 0.15) is 0 Å². The molecule has 0 aromatic heterocycles. The molecule has 0 amide bonds. The molecular formula is C18H17N3O. The minimum Gasteiger partial charge on any atom is -0.289 e. The molecule has 0 fully saturated rings. The van der Waals surface area contributed by atoms with Gasteiger partial charge < -0.3 is 0 Å². The lowest BCUT2D eigenvalue weighted by molar-refractivity contribution is 0.103. The lowest BCUT2D eigenvalue weighted by atomic mass is 9.98. The molecule has 2 aromatic carbocycles. The predicted octanol–water partition coefficient (Wildman–Crippen LogP) is 4.96. The lowest BCUT2D eigenvalue weighted by Crippen LogP contribution is -2.04. The number of rotatable bonds is 6. The van der Waals surface area contributed by atoms with Crippen LogP contribution in [0.1, 0.15) is 27.9 Å². The number of hydrogen-bond donors (Lipinski definition) is 0. The topological polar surface area (TPSA) is 65.8 Å². The summed E-state index contributed by atoms with van der Waals surface area (Å²) in [6, 6.07) is 17.1. The van der Waals surface area contributed by atoms with Gasteiger partial charge in [-0.3, -0.25) is 4.79 Å². The molecule has 0 unspecified atom stereocenters. The first-order valence-electron chi connectivity index (χ1n) is 7.08. The molecule has 0 saturated carbocycles. The molecule has 2 rings (SSSR count). The molecule has 4 heteroatoms. The summed E-state index contributed by atoms with van der Waals surface area (Å²) in [7, 11) is 0. The van der Waals surface area contributed by atoms with Crippen LogP contribution in [0.2, 0.25) is 0 Å². The Kier molecular flexibility index (Phi) is 5.52. The first-order chi connectivity index (χ1) is 10.7. The molecule has 4 nitrogen and oxygen atoms in total. The Hall–Kier alpha value is -2.84. The second-order valence-electron chi connectivity index (χ2n) is 4.98. The van der Waals surface area contributed by atoms with E-state index < -0.39 is 0 Å². The average molecular weight is 291 g/mol. The second-order valence-corrected chi connectivity index (χ2v) is 4.98. The van der Waals surface area contributed by atoms with E-state index in [1.807, 2.05) is 55.5 Å². The van der Waals surface area contributed by atoms with E-state index in [4.69, 9.17) is 5.53 Å². The third-order valence-electron chi connectivity index (χ3n) is 3.29. The smallest absolute Gasteiger partial charge is 0.189 e. The van der Waals surface area contributed by atoms with E-state index in [1.54, 1.807) is 12.1 Å². The maximum absolute atomic E-state index is 12.6. The fraction of sp³-hybridized carbons (Fsp3) is 0.167. The summed E-state index contributed by atoms with van der Waals surface area (Å²) in [4.78, 5) is 15.4. The van der Waals surface area contributed by atoms with E-state index in [-0.39, 0.29) is 12.3 Å². The third kappa shape index (κ3) is 4.33. The quantitative estimate of drug-likeness (QED) is 0.244. The summed E-state index contributed by atoms with van der Waals surface area (Å²) in [5, 5.41) is 3.53. The van der Waals surface area contributed by atoms with Crippen molar-refractivity contribution in [2.45, 2.75) is 13.3 Å². The van der Waals surface area contributed by atoms with Gasteiger partial charge in [-0.1, -0.05) is 65.3 Å². The van der Waals surface area contributed by atoms with Crippen LogP contribution in [0, 0.1) is 6.92 Å². The van der Waals surface area contributed by atoms with Crippen LogP contribution in [0.15, 0.2) is 65.3 Å². The van der Waals surface area contributed by atoms with Crippen molar-refractivity contribution in [1.82, 2.24) is 0 Å². The zero-order chi connectivity index (χ0) is 15.8. The standard InChI is InChI=1S/C18H17N3O/c1-14-7-9-15(10-8-14)13-17(11-12-20-21-19)18(22)16-5-3-2-4-6-16/h2-10,13H,11-12H2,1H3/b17-13-. The van der Waals surface area contributed by atoms with Crippen LogP contribution in [0.4, 0.5) is 0 Å². The normalized spacial score (nSPS) is 10.9. The minimum absolute atomic E-state index is 0.0330. The number of carbonyl (C=O) groups excluding carboxylic acids is 1. The number of Topliss-reactive ketones (excluding diaryl/α,β-unsaturated/α-hetero) is 1. The number of azide groups is 1. The van der Waals surface area contributed by atoms with Crippen LogP contribution in [0.25, 0.3) is 16.5 Å². The number of aryl methyl sites for hydroxylation is 1. The van der Waals surface area contributed by atoms with Gasteiger partial charge in [0, 0.05) is 22.6 Å². The number of carbonyl (C=O) groups is 1. The highest BCUT2D eigenvalue weighted by Crippen LogP contribution is 2.16. The Morgan fingerprint density at radius 1 is 1.14 bits per heavy atom. The summed E-state index contributed by atoms with van der Waals surface area (Å²) in [5.74, 6) is -0.0330. The van der Waals surface area contributed by atoms with Crippen molar-refractivity contribution in [3.63, 3.8) is 0 Å². The first-order valence-corrected chi connectivity index (χ1v) is 7.08. The van der Waals surface area contributed by atoms with Crippen molar-refractivity contribution in [1.29, 1.82) is 0 Å². The molecule has 0 aliphatic carbocycles. The van der Waals surface area contributed by atoms with E-state index in [0.717, 1.165) is 5.56 Å². The van der Waals surface area contributed by atoms with Crippen LogP contribution in [-0.2, 0) is 0 Å². The third-order valence-corrected chi connectivity index (χ3v) is 3.29. The average Bonchev–Trinajstić information content (AvgIpc) is 2.56. The zero-order valence-corrected chi connectivity index (χ0v) is 12.4. The van der Waals surface area contributed by atoms with Crippen molar-refractivity contribution in [2.24, 2.45) is 5.11 Å². The fourth-order valence-corrected chi connectivity index (χ4v) is 2.11. The molecule has 2 aromatic rings. The molecule has 0 aliphatic rings. The Balaban J connectivity index is 2.31. The van der Waals surface area contributed by atoms with E-state index in [0.29, 0.717) is 17.6 Å². The van der Waals surface area contributed by atoms with E-state index in [9.17, 15) is 4.79 Å². The van der Waals surface area contributed by atoms with E-state index in [1.165, 1.54) is 5.56 Å². The first kappa shape index (κ1) is 15.5. The van der Waals surface area contributed by atoms with Gasteiger partial charge >= 0.3 is 0 Å². The molecule has 0 spiro atoms. The van der Waals surface area contributed by atoms with Crippen molar-refractivity contribution in [3.8, 4) is 0 Å². The van der Waals surface area contributed by atoms with Gasteiger partial charge in [0.2, 0.25) is 0 Å². The monoisotopic (exact) mass is 291 g/mol. The molecule has 0 bridgehead atoms. The molecule has 0 N–H and O–H groups in total. The largest absolute Gasteiger partial charge is 0.289 e. The van der Waals surface area contributed by atoms with Crippen LogP contribution < -0.4 is 0 Å². The number of hydrogen-bond acceptors (Lipinski definition) is 2. The molecule has 0 radical (unpaired) electrons. The summed E-state index contributed by atoms with van der Waals surface area (Å²) in [5.41, 5.74) is 11.8. The summed E-state index contributed by atoms with van der Waals surface area (Å²) in [6.07, 6.45) is 2.29. The van der Waals surface area contributed by atoms with E-state index in [2.05, 4.69) is 10.0 Å². The maximum Gasteiger partial charge on any atom is 0.189 e. The Morgan fingerprint density at radius 2 is 1.82 bits per heavy atom. The molecule has 0 aliphatic heterocycles. The van der Waals surface area contributed by atoms with Gasteiger partial charge in [0.15, 0.2) is 5.78 Å². The zero-order valence-electron chi connectivity index (χ0n) is 12.4. The van der Waals surface area contributed by atoms with Crippen molar-refractivity contribution >= 4 is 11.9 Å². The number of ketones is 1. The summed E-state index contributed by atoms with van der Waals surface area (Å²) < 4.78 is 0. The molecule has 0 atom stereocenters. The fourth-order valence-electron chi connectivity index (χ4n) is 2.11. The highest BCUT2D eigenvalue weighted by atomic mass is 16.1. The van der Waals surface area contributed by atoms with Crippen molar-refractivity contribution in [3.05, 3.63) is 87.3 Å². The molecule has 22 heavy (non-hydrogen) atoms. The molecule has 0 heterocycles. The van der Waals surface area contributed by atoms with Gasteiger partial charge in [-0.15, -0.1) is 0 Å². The molecule has 0 saturated heterocycles. The Bertz CT molecular complexity index is 712. The minimum atomic E-state index is -0.0330. The predicted molar refractivity (Wildman–Crippen MR) is 88.6 cm³/mol. The van der Waals surface area contributed by atoms with Crippen molar-refractivity contribution < 1.29 is 4.79 Å². The van der Waals surface area contributed by atoms with E-state index >= 15 is 0 Å². The lowest BCUT2D eigenvalue weighted by Gasteiger charge is -2.06. The Labute approximate surface area is 129 Å². The maximum atomic E-state index is 12.6. The van der Waals surface area contributed by atoms with Crippen LogP contribution >= 0.6 is 0 Å². The number of benzene rings is 2. The van der Waals surface area contributed by atoms with Gasteiger partial charge in [0.05, 0.1) is 0 Å². The van der Waals surface area contributed by atoms with Gasteiger partial charge in [-0.25, -0.2) is 0 Å². The van der Waals surface area contributed by atoms with Gasteiger partial charge in [-0.05, 0) is 30.5 Å². The summed E-state index contributed by atoms with van der Waals surface area (Å²) >= 11 is 0. The molecule has 110 valence electrons. The van der Waals surface area contributed by atoms with Gasteiger partial charge in [-0.2, -0.15) is 0 Å². The number of nitrogens with zero attached hydrogens (tertiary/aromatic N) is 3. The van der Waals surface area contributed by atoms with Crippen molar-refractivity contribution in [2.75, 3.05) is 6.54 Å². The highest BCUT2D eigenvalue weighted by molar-refractivity contribution is 6.11. The SMILES string of the molecule is Cc1ccc(/C=C(/CCN=[N+]=[N-])C(=O)c2ccccc2)cc1. The van der Waals surface area contributed by atoms with Crippen LogP contribution in [-0.4, -0.2) is 12.3 Å². The van der Waals surface area contributed by atoms with Crippen LogP contribution in [0.3, 0.4) is 0 Å². The highest BCUT2D eigenvalue weighted by Gasteiger charge is 2.11. The Morgan fingerprint density at radius 3 is 2.45 bits per heavy atom.